The highest BCUT2D eigenvalue weighted by Gasteiger charge is 2.58. The molecule has 2 fully saturated rings. The Bertz CT molecular complexity index is 509. The maximum absolute atomic E-state index is 12.7. The summed E-state index contributed by atoms with van der Waals surface area (Å²) in [6, 6.07) is 6.97. The van der Waals surface area contributed by atoms with E-state index in [2.05, 4.69) is 5.32 Å². The first kappa shape index (κ1) is 13.4. The van der Waals surface area contributed by atoms with Crippen LogP contribution in [-0.4, -0.2) is 30.6 Å². The second-order valence-corrected chi connectivity index (χ2v) is 5.97. The summed E-state index contributed by atoms with van der Waals surface area (Å²) in [6.45, 7) is 4.69. The van der Waals surface area contributed by atoms with Gasteiger partial charge in [0.2, 0.25) is 5.91 Å². The number of carbonyl (C=O) groups is 1. The van der Waals surface area contributed by atoms with E-state index in [1.165, 1.54) is 0 Å². The molecular weight excluding hydrogens is 252 g/mol. The Balaban J connectivity index is 1.75. The zero-order valence-corrected chi connectivity index (χ0v) is 11.9. The van der Waals surface area contributed by atoms with Gasteiger partial charge in [-0.3, -0.25) is 4.79 Å². The van der Waals surface area contributed by atoms with E-state index < -0.39 is 0 Å². The predicted octanol–water partition coefficient (Wildman–Crippen LogP) is 2.13. The lowest BCUT2D eigenvalue weighted by Gasteiger charge is -2.26. The summed E-state index contributed by atoms with van der Waals surface area (Å²) >= 11 is 0. The minimum Gasteiger partial charge on any atom is -0.508 e. The lowest BCUT2D eigenvalue weighted by Crippen LogP contribution is -2.36. The second-order valence-electron chi connectivity index (χ2n) is 5.97. The van der Waals surface area contributed by atoms with Crippen molar-refractivity contribution < 1.29 is 9.90 Å². The lowest BCUT2D eigenvalue weighted by molar-refractivity contribution is -0.120. The maximum atomic E-state index is 12.7. The molecule has 20 heavy (non-hydrogen) atoms. The third-order valence-corrected chi connectivity index (χ3v) is 4.81. The van der Waals surface area contributed by atoms with Gasteiger partial charge < -0.3 is 15.3 Å². The number of nitrogens with zero attached hydrogens (tertiary/aromatic N) is 1. The van der Waals surface area contributed by atoms with Crippen LogP contribution < -0.4 is 10.2 Å². The molecule has 1 aromatic rings. The largest absolute Gasteiger partial charge is 0.508 e. The van der Waals surface area contributed by atoms with Gasteiger partial charge in [0.1, 0.15) is 5.75 Å². The molecule has 4 nitrogen and oxygen atoms in total. The monoisotopic (exact) mass is 274 g/mol. The zero-order valence-electron chi connectivity index (χ0n) is 11.9. The molecule has 108 valence electrons. The number of aromatic hydroxyl groups is 1. The molecule has 1 aromatic carbocycles. The highest BCUT2D eigenvalue weighted by atomic mass is 16.3. The fourth-order valence-corrected chi connectivity index (χ4v) is 3.49. The van der Waals surface area contributed by atoms with E-state index in [1.807, 2.05) is 13.0 Å². The maximum Gasteiger partial charge on any atom is 0.230 e. The van der Waals surface area contributed by atoms with Crippen LogP contribution in [0.15, 0.2) is 24.3 Å². The van der Waals surface area contributed by atoms with Gasteiger partial charge >= 0.3 is 0 Å². The molecule has 1 amide bonds. The number of phenolic OH excluding ortho intramolecular Hbond substituents is 1. The Hall–Kier alpha value is -1.55. The van der Waals surface area contributed by atoms with Crippen LogP contribution in [0.3, 0.4) is 0 Å². The number of amides is 1. The molecule has 1 heterocycles. The van der Waals surface area contributed by atoms with Crippen molar-refractivity contribution in [2.45, 2.75) is 26.2 Å². The molecule has 4 heteroatoms. The van der Waals surface area contributed by atoms with Gasteiger partial charge in [0.15, 0.2) is 0 Å². The molecule has 2 aliphatic rings. The van der Waals surface area contributed by atoms with Crippen molar-refractivity contribution in [1.29, 1.82) is 0 Å². The highest BCUT2D eigenvalue weighted by Crippen LogP contribution is 2.59. The minimum atomic E-state index is 0.173. The number of hydrogen-bond acceptors (Lipinski definition) is 3. The van der Waals surface area contributed by atoms with Crippen LogP contribution >= 0.6 is 0 Å². The summed E-state index contributed by atoms with van der Waals surface area (Å²) in [4.78, 5) is 14.6. The van der Waals surface area contributed by atoms with Gasteiger partial charge in [-0.15, -0.1) is 0 Å². The Labute approximate surface area is 119 Å². The van der Waals surface area contributed by atoms with E-state index in [4.69, 9.17) is 0 Å². The van der Waals surface area contributed by atoms with Gasteiger partial charge in [0.25, 0.3) is 0 Å². The first-order chi connectivity index (χ1) is 9.66. The van der Waals surface area contributed by atoms with E-state index in [0.717, 1.165) is 38.0 Å². The Morgan fingerprint density at radius 3 is 2.85 bits per heavy atom. The molecule has 1 aliphatic carbocycles. The Morgan fingerprint density at radius 2 is 2.20 bits per heavy atom. The number of nitrogens with one attached hydrogen (secondary N) is 1. The molecule has 2 N–H and O–H groups in total. The van der Waals surface area contributed by atoms with Crippen molar-refractivity contribution in [2.24, 2.45) is 11.3 Å². The van der Waals surface area contributed by atoms with E-state index in [-0.39, 0.29) is 23.0 Å². The number of carbonyl (C=O) groups excluding carboxylic acids is 1. The van der Waals surface area contributed by atoms with Gasteiger partial charge in [0, 0.05) is 24.2 Å². The number of anilines is 1. The van der Waals surface area contributed by atoms with E-state index in [9.17, 15) is 9.90 Å². The number of rotatable bonds is 3. The average molecular weight is 274 g/mol. The third-order valence-electron chi connectivity index (χ3n) is 4.81. The summed E-state index contributed by atoms with van der Waals surface area (Å²) in [5.41, 5.74) is 1.06. The molecule has 0 bridgehead atoms. The fourth-order valence-electron chi connectivity index (χ4n) is 3.49. The molecule has 0 aromatic heterocycles. The molecule has 3 rings (SSSR count). The summed E-state index contributed by atoms with van der Waals surface area (Å²) in [6.07, 6.45) is 3.25. The van der Waals surface area contributed by atoms with Crippen molar-refractivity contribution >= 4 is 11.6 Å². The van der Waals surface area contributed by atoms with E-state index in [0.29, 0.717) is 6.54 Å². The molecule has 1 unspecified atom stereocenters. The molecular formula is C16H22N2O2. The quantitative estimate of drug-likeness (QED) is 0.888. The van der Waals surface area contributed by atoms with Crippen molar-refractivity contribution in [1.82, 2.24) is 5.32 Å². The van der Waals surface area contributed by atoms with Crippen LogP contribution in [0.1, 0.15) is 26.2 Å². The molecule has 1 atom stereocenters. The summed E-state index contributed by atoms with van der Waals surface area (Å²) in [7, 11) is 0. The number of phenols is 1. The third kappa shape index (κ3) is 2.29. The fraction of sp³-hybridized carbons (Fsp3) is 0.562. The number of benzene rings is 1. The average Bonchev–Trinajstić information content (AvgIpc) is 3.14. The van der Waals surface area contributed by atoms with E-state index >= 15 is 0 Å². The van der Waals surface area contributed by atoms with Gasteiger partial charge in [0.05, 0.1) is 0 Å². The van der Waals surface area contributed by atoms with Gasteiger partial charge in [-0.2, -0.15) is 0 Å². The summed E-state index contributed by atoms with van der Waals surface area (Å²) < 4.78 is 0. The summed E-state index contributed by atoms with van der Waals surface area (Å²) in [5, 5.41) is 13.0. The first-order valence-corrected chi connectivity index (χ1v) is 7.47. The zero-order chi connectivity index (χ0) is 14.2. The number of piperidine rings is 1. The van der Waals surface area contributed by atoms with Crippen LogP contribution in [0.25, 0.3) is 0 Å². The lowest BCUT2D eigenvalue weighted by atomic mass is 9.91. The van der Waals surface area contributed by atoms with Crippen LogP contribution in [-0.2, 0) is 4.79 Å². The second kappa shape index (κ2) is 5.09. The van der Waals surface area contributed by atoms with Crippen LogP contribution in [0.5, 0.6) is 5.75 Å². The molecule has 1 spiro atoms. The molecule has 0 radical (unpaired) electrons. The standard InChI is InChI=1S/C16H22N2O2/c1-2-18(12-4-3-5-13(19)10-12)15(20)14-11-16(14)6-8-17-9-7-16/h3-5,10,14,17,19H,2,6-9,11H2,1H3. The Morgan fingerprint density at radius 1 is 1.45 bits per heavy atom. The number of hydrogen-bond donors (Lipinski definition) is 2. The van der Waals surface area contributed by atoms with Crippen molar-refractivity contribution in [3.63, 3.8) is 0 Å². The van der Waals surface area contributed by atoms with Crippen molar-refractivity contribution in [3.8, 4) is 5.75 Å². The van der Waals surface area contributed by atoms with Gasteiger partial charge in [-0.05, 0) is 56.8 Å². The van der Waals surface area contributed by atoms with Crippen molar-refractivity contribution in [2.75, 3.05) is 24.5 Å². The van der Waals surface area contributed by atoms with Crippen LogP contribution in [0, 0.1) is 11.3 Å². The minimum absolute atomic E-state index is 0.173. The smallest absolute Gasteiger partial charge is 0.230 e. The molecule has 1 aliphatic heterocycles. The topological polar surface area (TPSA) is 52.6 Å². The van der Waals surface area contributed by atoms with Crippen LogP contribution in [0.2, 0.25) is 0 Å². The molecule has 1 saturated carbocycles. The summed E-state index contributed by atoms with van der Waals surface area (Å²) in [5.74, 6) is 0.605. The highest BCUT2D eigenvalue weighted by molar-refractivity contribution is 5.97. The first-order valence-electron chi connectivity index (χ1n) is 7.47. The van der Waals surface area contributed by atoms with Crippen LogP contribution in [0.4, 0.5) is 5.69 Å². The Kier molecular flexibility index (Phi) is 3.42. The molecule has 1 saturated heterocycles. The van der Waals surface area contributed by atoms with Gasteiger partial charge in [-0.1, -0.05) is 6.07 Å². The van der Waals surface area contributed by atoms with Crippen molar-refractivity contribution in [3.05, 3.63) is 24.3 Å². The van der Waals surface area contributed by atoms with Gasteiger partial charge in [-0.25, -0.2) is 0 Å². The predicted molar refractivity (Wildman–Crippen MR) is 78.8 cm³/mol. The van der Waals surface area contributed by atoms with E-state index in [1.54, 1.807) is 23.1 Å². The SMILES string of the molecule is CCN(C(=O)C1CC12CCNCC2)c1cccc(O)c1. The normalized spacial score (nSPS) is 23.6.